The van der Waals surface area contributed by atoms with Crippen LogP contribution >= 0.6 is 15.9 Å². The Labute approximate surface area is 135 Å². The van der Waals surface area contributed by atoms with E-state index in [2.05, 4.69) is 68.0 Å². The van der Waals surface area contributed by atoms with Crippen LogP contribution < -0.4 is 10.6 Å². The molecule has 0 radical (unpaired) electrons. The molecule has 1 saturated carbocycles. The summed E-state index contributed by atoms with van der Waals surface area (Å²) in [7, 11) is 1.84. The summed E-state index contributed by atoms with van der Waals surface area (Å²) in [5.74, 6) is 0.919. The minimum absolute atomic E-state index is 0.269. The van der Waals surface area contributed by atoms with E-state index in [1.165, 1.54) is 22.9 Å². The zero-order valence-electron chi connectivity index (χ0n) is 12.4. The summed E-state index contributed by atoms with van der Waals surface area (Å²) in [6.07, 6.45) is 9.13. The predicted octanol–water partition coefficient (Wildman–Crippen LogP) is 3.36. The Balaban J connectivity index is 1.60. The third-order valence-electron chi connectivity index (χ3n) is 4.47. The Kier molecular flexibility index (Phi) is 4.34. The summed E-state index contributed by atoms with van der Waals surface area (Å²) in [5, 5.41) is 7.01. The number of guanidine groups is 1. The summed E-state index contributed by atoms with van der Waals surface area (Å²) < 4.78 is 1.22. The third-order valence-corrected chi connectivity index (χ3v) is 5.16. The molecule has 0 aliphatic heterocycles. The molecule has 4 heteroatoms. The van der Waals surface area contributed by atoms with E-state index in [4.69, 9.17) is 0 Å². The van der Waals surface area contributed by atoms with Crippen molar-refractivity contribution in [3.05, 3.63) is 46.5 Å². The van der Waals surface area contributed by atoms with Crippen LogP contribution in [0, 0.1) is 0 Å². The van der Waals surface area contributed by atoms with Gasteiger partial charge in [-0.2, -0.15) is 0 Å². The molecular weight excluding hydrogens is 326 g/mol. The molecule has 0 unspecified atom stereocenters. The van der Waals surface area contributed by atoms with Crippen LogP contribution in [0.1, 0.15) is 31.2 Å². The molecule has 2 aliphatic carbocycles. The van der Waals surface area contributed by atoms with Gasteiger partial charge in [-0.15, -0.1) is 0 Å². The van der Waals surface area contributed by atoms with Crippen molar-refractivity contribution < 1.29 is 0 Å². The molecule has 0 bridgehead atoms. The average Bonchev–Trinajstić information content (AvgIpc) is 3.11. The summed E-state index contributed by atoms with van der Waals surface area (Å²) >= 11 is 3.69. The Bertz CT molecular complexity index is 553. The first kappa shape index (κ1) is 14.6. The van der Waals surface area contributed by atoms with E-state index < -0.39 is 0 Å². The fourth-order valence-corrected chi connectivity index (χ4v) is 3.66. The molecule has 3 nitrogen and oxygen atoms in total. The van der Waals surface area contributed by atoms with Crippen LogP contribution in [0.2, 0.25) is 0 Å². The van der Waals surface area contributed by atoms with Gasteiger partial charge in [0, 0.05) is 29.5 Å². The molecule has 2 aliphatic rings. The summed E-state index contributed by atoms with van der Waals surface area (Å²) in [6.45, 7) is 0.940. The van der Waals surface area contributed by atoms with Crippen molar-refractivity contribution in [2.75, 3.05) is 13.6 Å². The molecule has 0 saturated heterocycles. The molecule has 21 heavy (non-hydrogen) atoms. The van der Waals surface area contributed by atoms with E-state index in [9.17, 15) is 0 Å². The van der Waals surface area contributed by atoms with E-state index in [0.29, 0.717) is 6.04 Å². The largest absolute Gasteiger partial charge is 0.356 e. The van der Waals surface area contributed by atoms with Crippen LogP contribution in [-0.2, 0) is 5.41 Å². The average molecular weight is 348 g/mol. The number of nitrogens with zero attached hydrogens (tertiary/aromatic N) is 1. The molecule has 0 aromatic heterocycles. The Morgan fingerprint density at radius 3 is 2.62 bits per heavy atom. The normalized spacial score (nSPS) is 20.6. The fourth-order valence-electron chi connectivity index (χ4n) is 2.96. The lowest BCUT2D eigenvalue weighted by molar-refractivity contribution is 0.604. The lowest BCUT2D eigenvalue weighted by Crippen LogP contribution is -2.45. The van der Waals surface area contributed by atoms with Crippen LogP contribution in [-0.4, -0.2) is 25.6 Å². The quantitative estimate of drug-likeness (QED) is 0.497. The molecular formula is C17H22BrN3. The number of benzene rings is 1. The van der Waals surface area contributed by atoms with E-state index in [1.807, 2.05) is 7.05 Å². The monoisotopic (exact) mass is 347 g/mol. The molecule has 1 fully saturated rings. The zero-order valence-corrected chi connectivity index (χ0v) is 14.0. The summed E-state index contributed by atoms with van der Waals surface area (Å²) in [5.41, 5.74) is 1.68. The van der Waals surface area contributed by atoms with Crippen molar-refractivity contribution in [3.63, 3.8) is 0 Å². The van der Waals surface area contributed by atoms with Crippen molar-refractivity contribution in [1.82, 2.24) is 10.6 Å². The van der Waals surface area contributed by atoms with E-state index in [-0.39, 0.29) is 5.41 Å². The molecule has 1 aromatic carbocycles. The fraction of sp³-hybridized carbons (Fsp3) is 0.471. The van der Waals surface area contributed by atoms with E-state index in [1.54, 1.807) is 0 Å². The predicted molar refractivity (Wildman–Crippen MR) is 91.7 cm³/mol. The molecule has 112 valence electrons. The topological polar surface area (TPSA) is 36.4 Å². The number of hydrogen-bond donors (Lipinski definition) is 2. The standard InChI is InChI=1S/C17H22BrN3/c1-19-16(21-13-6-2-3-7-13)20-12-17(10-11-17)14-8-4-5-9-15(14)18/h2-5,8-9,13H,6-7,10-12H2,1H3,(H2,19,20,21). The van der Waals surface area contributed by atoms with Gasteiger partial charge in [0.25, 0.3) is 0 Å². The minimum Gasteiger partial charge on any atom is -0.356 e. The van der Waals surface area contributed by atoms with Crippen LogP contribution in [0.5, 0.6) is 0 Å². The SMILES string of the molecule is CN=C(NCC1(c2ccccc2Br)CC1)NC1CC=CC1. The lowest BCUT2D eigenvalue weighted by Gasteiger charge is -2.22. The van der Waals surface area contributed by atoms with Gasteiger partial charge >= 0.3 is 0 Å². The van der Waals surface area contributed by atoms with Crippen molar-refractivity contribution >= 4 is 21.9 Å². The molecule has 0 amide bonds. The van der Waals surface area contributed by atoms with Gasteiger partial charge in [0.2, 0.25) is 0 Å². The Morgan fingerprint density at radius 1 is 1.29 bits per heavy atom. The maximum atomic E-state index is 4.35. The zero-order chi connectivity index (χ0) is 14.7. The first-order chi connectivity index (χ1) is 10.2. The molecule has 0 atom stereocenters. The number of halogens is 1. The molecule has 1 aromatic rings. The van der Waals surface area contributed by atoms with Crippen molar-refractivity contribution in [3.8, 4) is 0 Å². The Hall–Kier alpha value is -1.29. The molecule has 0 spiro atoms. The number of nitrogens with one attached hydrogen (secondary N) is 2. The maximum absolute atomic E-state index is 4.35. The van der Waals surface area contributed by atoms with Crippen molar-refractivity contribution in [2.45, 2.75) is 37.1 Å². The second-order valence-corrected chi connectivity index (χ2v) is 6.82. The van der Waals surface area contributed by atoms with Gasteiger partial charge in [0.1, 0.15) is 0 Å². The summed E-state index contributed by atoms with van der Waals surface area (Å²) in [4.78, 5) is 4.35. The highest BCUT2D eigenvalue weighted by Gasteiger charge is 2.45. The highest BCUT2D eigenvalue weighted by Crippen LogP contribution is 2.49. The second kappa shape index (κ2) is 6.22. The van der Waals surface area contributed by atoms with Gasteiger partial charge < -0.3 is 10.6 Å². The molecule has 0 heterocycles. The van der Waals surface area contributed by atoms with E-state index in [0.717, 1.165) is 25.3 Å². The van der Waals surface area contributed by atoms with Gasteiger partial charge in [-0.3, -0.25) is 4.99 Å². The third kappa shape index (κ3) is 3.31. The lowest BCUT2D eigenvalue weighted by atomic mass is 9.96. The summed E-state index contributed by atoms with van der Waals surface area (Å²) in [6, 6.07) is 9.06. The van der Waals surface area contributed by atoms with Crippen LogP contribution in [0.15, 0.2) is 45.9 Å². The van der Waals surface area contributed by atoms with Gasteiger partial charge in [0.15, 0.2) is 5.96 Å². The van der Waals surface area contributed by atoms with Crippen LogP contribution in [0.25, 0.3) is 0 Å². The second-order valence-electron chi connectivity index (χ2n) is 5.97. The van der Waals surface area contributed by atoms with Crippen molar-refractivity contribution in [2.24, 2.45) is 4.99 Å². The first-order valence-electron chi connectivity index (χ1n) is 7.61. The van der Waals surface area contributed by atoms with Gasteiger partial charge in [-0.05, 0) is 37.3 Å². The van der Waals surface area contributed by atoms with Crippen LogP contribution in [0.3, 0.4) is 0 Å². The number of aliphatic imine (C=N–C) groups is 1. The smallest absolute Gasteiger partial charge is 0.191 e. The number of rotatable bonds is 4. The first-order valence-corrected chi connectivity index (χ1v) is 8.40. The number of hydrogen-bond acceptors (Lipinski definition) is 1. The highest BCUT2D eigenvalue weighted by atomic mass is 79.9. The molecule has 2 N–H and O–H groups in total. The Morgan fingerprint density at radius 2 is 2.00 bits per heavy atom. The van der Waals surface area contributed by atoms with Gasteiger partial charge in [-0.25, -0.2) is 0 Å². The van der Waals surface area contributed by atoms with E-state index >= 15 is 0 Å². The van der Waals surface area contributed by atoms with Crippen LogP contribution in [0.4, 0.5) is 0 Å². The maximum Gasteiger partial charge on any atom is 0.191 e. The highest BCUT2D eigenvalue weighted by molar-refractivity contribution is 9.10. The molecule has 3 rings (SSSR count). The van der Waals surface area contributed by atoms with Gasteiger partial charge in [-0.1, -0.05) is 46.3 Å². The van der Waals surface area contributed by atoms with Crippen molar-refractivity contribution in [1.29, 1.82) is 0 Å². The minimum atomic E-state index is 0.269. The van der Waals surface area contributed by atoms with Gasteiger partial charge in [0.05, 0.1) is 0 Å².